The highest BCUT2D eigenvalue weighted by Crippen LogP contribution is 2.27. The maximum atomic E-state index is 6.27. The van der Waals surface area contributed by atoms with Gasteiger partial charge in [-0.1, -0.05) is 35.1 Å². The predicted molar refractivity (Wildman–Crippen MR) is 79.2 cm³/mol. The molecule has 1 unspecified atom stereocenters. The Morgan fingerprint density at radius 3 is 2.89 bits per heavy atom. The number of hydrazine groups is 1. The minimum atomic E-state index is -0.00449. The molecule has 0 aliphatic rings. The van der Waals surface area contributed by atoms with E-state index in [0.29, 0.717) is 0 Å². The van der Waals surface area contributed by atoms with Gasteiger partial charge >= 0.3 is 0 Å². The lowest BCUT2D eigenvalue weighted by atomic mass is 10.0. The normalized spacial score (nSPS) is 12.6. The maximum absolute atomic E-state index is 6.27. The second kappa shape index (κ2) is 6.43. The SMILES string of the molecule is CCc1nnsc1C(Cc1ccc(C)cc1Cl)NN. The summed E-state index contributed by atoms with van der Waals surface area (Å²) in [4.78, 5) is 1.08. The van der Waals surface area contributed by atoms with Gasteiger partial charge < -0.3 is 0 Å². The van der Waals surface area contributed by atoms with E-state index in [1.54, 1.807) is 0 Å². The van der Waals surface area contributed by atoms with Crippen LogP contribution in [0.1, 0.15) is 34.7 Å². The van der Waals surface area contributed by atoms with Gasteiger partial charge in [0.05, 0.1) is 16.6 Å². The lowest BCUT2D eigenvalue weighted by molar-refractivity contribution is 0.555. The first-order chi connectivity index (χ1) is 9.15. The number of nitrogens with zero attached hydrogens (tertiary/aromatic N) is 2. The van der Waals surface area contributed by atoms with Gasteiger partial charge in [0.25, 0.3) is 0 Å². The van der Waals surface area contributed by atoms with Crippen molar-refractivity contribution in [2.75, 3.05) is 0 Å². The van der Waals surface area contributed by atoms with Gasteiger partial charge in [-0.05, 0) is 48.5 Å². The number of halogens is 1. The quantitative estimate of drug-likeness (QED) is 0.658. The first-order valence-electron chi connectivity index (χ1n) is 6.18. The van der Waals surface area contributed by atoms with Crippen LogP contribution in [-0.4, -0.2) is 9.59 Å². The van der Waals surface area contributed by atoms with Gasteiger partial charge in [0.2, 0.25) is 0 Å². The lowest BCUT2D eigenvalue weighted by Gasteiger charge is -2.16. The summed E-state index contributed by atoms with van der Waals surface area (Å²) in [7, 11) is 0. The number of nitrogens with one attached hydrogen (secondary N) is 1. The van der Waals surface area contributed by atoms with Crippen molar-refractivity contribution in [3.8, 4) is 0 Å². The molecule has 0 saturated heterocycles. The van der Waals surface area contributed by atoms with Crippen molar-refractivity contribution < 1.29 is 0 Å². The van der Waals surface area contributed by atoms with Gasteiger partial charge in [-0.3, -0.25) is 11.3 Å². The van der Waals surface area contributed by atoms with E-state index >= 15 is 0 Å². The van der Waals surface area contributed by atoms with Crippen molar-refractivity contribution >= 4 is 23.1 Å². The van der Waals surface area contributed by atoms with Crippen LogP contribution in [0.4, 0.5) is 0 Å². The van der Waals surface area contributed by atoms with E-state index in [9.17, 15) is 0 Å². The number of nitrogens with two attached hydrogens (primary N) is 1. The number of aromatic nitrogens is 2. The molecular formula is C13H17ClN4S. The molecule has 102 valence electrons. The molecule has 4 nitrogen and oxygen atoms in total. The first-order valence-corrected chi connectivity index (χ1v) is 7.33. The van der Waals surface area contributed by atoms with E-state index in [4.69, 9.17) is 17.4 Å². The van der Waals surface area contributed by atoms with Crippen molar-refractivity contribution in [3.05, 3.63) is 44.9 Å². The molecule has 1 aromatic carbocycles. The summed E-state index contributed by atoms with van der Waals surface area (Å²) >= 11 is 7.66. The number of hydrogen-bond acceptors (Lipinski definition) is 5. The van der Waals surface area contributed by atoms with Crippen LogP contribution >= 0.6 is 23.1 Å². The van der Waals surface area contributed by atoms with Crippen LogP contribution < -0.4 is 11.3 Å². The Morgan fingerprint density at radius 1 is 1.47 bits per heavy atom. The highest BCUT2D eigenvalue weighted by atomic mass is 35.5. The summed E-state index contributed by atoms with van der Waals surface area (Å²) in [6.07, 6.45) is 1.58. The van der Waals surface area contributed by atoms with Gasteiger partial charge in [-0.15, -0.1) is 5.10 Å². The van der Waals surface area contributed by atoms with E-state index in [0.717, 1.165) is 39.6 Å². The summed E-state index contributed by atoms with van der Waals surface area (Å²) in [6.45, 7) is 4.09. The molecule has 0 bridgehead atoms. The average Bonchev–Trinajstić information content (AvgIpc) is 2.86. The summed E-state index contributed by atoms with van der Waals surface area (Å²) in [6, 6.07) is 6.06. The molecule has 2 rings (SSSR count). The van der Waals surface area contributed by atoms with E-state index in [-0.39, 0.29) is 6.04 Å². The monoisotopic (exact) mass is 296 g/mol. The third-order valence-electron chi connectivity index (χ3n) is 3.07. The first kappa shape index (κ1) is 14.4. The molecule has 0 amide bonds. The lowest BCUT2D eigenvalue weighted by Crippen LogP contribution is -2.29. The third-order valence-corrected chi connectivity index (χ3v) is 4.30. The van der Waals surface area contributed by atoms with Crippen molar-refractivity contribution in [2.45, 2.75) is 32.7 Å². The number of aryl methyl sites for hydroxylation is 2. The van der Waals surface area contributed by atoms with Gasteiger partial charge in [0.1, 0.15) is 0 Å². The smallest absolute Gasteiger partial charge is 0.0801 e. The van der Waals surface area contributed by atoms with E-state index < -0.39 is 0 Å². The predicted octanol–water partition coefficient (Wildman–Crippen LogP) is 2.81. The molecule has 0 saturated carbocycles. The molecule has 0 radical (unpaired) electrons. The fraction of sp³-hybridized carbons (Fsp3) is 0.385. The Labute approximate surface area is 122 Å². The van der Waals surface area contributed by atoms with Crippen molar-refractivity contribution in [1.29, 1.82) is 0 Å². The number of rotatable bonds is 5. The topological polar surface area (TPSA) is 63.8 Å². The molecule has 19 heavy (non-hydrogen) atoms. The van der Waals surface area contributed by atoms with Crippen LogP contribution in [0.15, 0.2) is 18.2 Å². The molecule has 0 aliphatic heterocycles. The molecular weight excluding hydrogens is 280 g/mol. The second-order valence-electron chi connectivity index (χ2n) is 4.46. The van der Waals surface area contributed by atoms with Crippen LogP contribution in [0.3, 0.4) is 0 Å². The van der Waals surface area contributed by atoms with Crippen LogP contribution in [0.2, 0.25) is 5.02 Å². The molecule has 0 aliphatic carbocycles. The molecule has 1 aromatic heterocycles. The van der Waals surface area contributed by atoms with Gasteiger partial charge in [-0.2, -0.15) is 0 Å². The van der Waals surface area contributed by atoms with Crippen LogP contribution in [0.25, 0.3) is 0 Å². The Kier molecular flexibility index (Phi) is 4.87. The highest BCUT2D eigenvalue weighted by Gasteiger charge is 2.18. The largest absolute Gasteiger partial charge is 0.271 e. The fourth-order valence-corrected chi connectivity index (χ4v) is 3.10. The van der Waals surface area contributed by atoms with Gasteiger partial charge in [0, 0.05) is 5.02 Å². The van der Waals surface area contributed by atoms with Gasteiger partial charge in [0.15, 0.2) is 0 Å². The fourth-order valence-electron chi connectivity index (χ4n) is 1.99. The molecule has 6 heteroatoms. The van der Waals surface area contributed by atoms with Crippen molar-refractivity contribution in [3.63, 3.8) is 0 Å². The zero-order valence-electron chi connectivity index (χ0n) is 11.0. The average molecular weight is 297 g/mol. The Hall–Kier alpha value is -1.01. The van der Waals surface area contributed by atoms with Crippen molar-refractivity contribution in [1.82, 2.24) is 15.0 Å². The minimum Gasteiger partial charge on any atom is -0.271 e. The van der Waals surface area contributed by atoms with E-state index in [1.165, 1.54) is 11.5 Å². The second-order valence-corrected chi connectivity index (χ2v) is 5.65. The van der Waals surface area contributed by atoms with E-state index in [2.05, 4.69) is 28.0 Å². The summed E-state index contributed by atoms with van der Waals surface area (Å²) in [5, 5.41) is 4.90. The zero-order chi connectivity index (χ0) is 13.8. The summed E-state index contributed by atoms with van der Waals surface area (Å²) < 4.78 is 4.00. The summed E-state index contributed by atoms with van der Waals surface area (Å²) in [5.74, 6) is 5.67. The molecule has 1 atom stereocenters. The third kappa shape index (κ3) is 3.30. The number of hydrogen-bond donors (Lipinski definition) is 2. The number of benzene rings is 1. The Morgan fingerprint density at radius 2 is 2.26 bits per heavy atom. The molecule has 0 spiro atoms. The maximum Gasteiger partial charge on any atom is 0.0801 e. The standard InChI is InChI=1S/C13H17ClN4S/c1-3-11-13(19-18-17-11)12(16-15)7-9-5-4-8(2)6-10(9)14/h4-6,12,16H,3,7,15H2,1-2H3. The summed E-state index contributed by atoms with van der Waals surface area (Å²) in [5.41, 5.74) is 6.06. The Balaban J connectivity index is 2.24. The van der Waals surface area contributed by atoms with Crippen LogP contribution in [0.5, 0.6) is 0 Å². The molecule has 3 N–H and O–H groups in total. The van der Waals surface area contributed by atoms with Crippen LogP contribution in [-0.2, 0) is 12.8 Å². The zero-order valence-corrected chi connectivity index (χ0v) is 12.6. The van der Waals surface area contributed by atoms with Gasteiger partial charge in [-0.25, -0.2) is 0 Å². The van der Waals surface area contributed by atoms with E-state index in [1.807, 2.05) is 19.1 Å². The highest BCUT2D eigenvalue weighted by molar-refractivity contribution is 7.05. The molecule has 2 aromatic rings. The molecule has 0 fully saturated rings. The molecule has 1 heterocycles. The van der Waals surface area contributed by atoms with Crippen molar-refractivity contribution in [2.24, 2.45) is 5.84 Å². The Bertz CT molecular complexity index is 555. The van der Waals surface area contributed by atoms with Crippen LogP contribution in [0, 0.1) is 6.92 Å². The minimum absolute atomic E-state index is 0.00449.